The highest BCUT2D eigenvalue weighted by Crippen LogP contribution is 2.43. The van der Waals surface area contributed by atoms with Crippen molar-refractivity contribution in [3.05, 3.63) is 130 Å². The van der Waals surface area contributed by atoms with Crippen molar-refractivity contribution < 1.29 is 68.3 Å². The molecule has 0 aromatic heterocycles. The van der Waals surface area contributed by atoms with Crippen LogP contribution in [0.15, 0.2) is 108 Å². The molecule has 18 nitrogen and oxygen atoms in total. The zero-order valence-electron chi connectivity index (χ0n) is 38.9. The number of allylic oxidation sites excluding steroid dienone is 5. The Morgan fingerprint density at radius 3 is 1.83 bits per heavy atom. The molecule has 69 heavy (non-hydrogen) atoms. The number of aryl methyl sites for hydroxylation is 1. The standard InChI is InChI=1S/C50H53N5O13Si/c1-30-11-17-38(54(26-45(57)58)27-46(59)60)40(21-30)67-19-20-68-41-22-31(12-18-39(41)55(28-47(61)62)29-48(63)64)51-44(56)25-53(4)33-14-16-37-43(24-33)69(5,6)42-23-32(52(2)3)13-15-36(42)49(37)34-9-7-8-10-35(34)50(65)66/h7-18,21-24H,19-20,25-29H2,1-6H3,(H5-,51,56,57,58,59,60,61,62,63,64,65,66). The van der Waals surface area contributed by atoms with Gasteiger partial charge in [-0.25, -0.2) is 4.58 Å². The molecule has 19 heteroatoms. The lowest BCUT2D eigenvalue weighted by atomic mass is 9.87. The summed E-state index contributed by atoms with van der Waals surface area (Å²) in [5.41, 5.74) is 6.25. The molecule has 0 saturated carbocycles. The lowest BCUT2D eigenvalue weighted by Crippen LogP contribution is -2.50. The molecule has 0 radical (unpaired) electrons. The number of aromatic carboxylic acids is 1. The van der Waals surface area contributed by atoms with Crippen molar-refractivity contribution in [2.75, 3.05) is 87.1 Å². The van der Waals surface area contributed by atoms with E-state index in [2.05, 4.69) is 30.6 Å². The highest BCUT2D eigenvalue weighted by molar-refractivity contribution is 6.98. The molecule has 6 rings (SSSR count). The number of fused-ring (bicyclic) bond motifs is 2. The number of carbonyl (C=O) groups excluding carboxylic acids is 2. The van der Waals surface area contributed by atoms with Gasteiger partial charge in [0.15, 0.2) is 5.71 Å². The summed E-state index contributed by atoms with van der Waals surface area (Å²) >= 11 is 0. The Labute approximate surface area is 398 Å². The predicted octanol–water partition coefficient (Wildman–Crippen LogP) is 3.32. The number of nitrogens with one attached hydrogen (secondary N) is 1. The zero-order chi connectivity index (χ0) is 50.3. The maximum atomic E-state index is 13.8. The van der Waals surface area contributed by atoms with Gasteiger partial charge in [-0.05, 0) is 87.6 Å². The lowest BCUT2D eigenvalue weighted by molar-refractivity contribution is -0.462. The predicted molar refractivity (Wildman–Crippen MR) is 260 cm³/mol. The number of rotatable bonds is 21. The van der Waals surface area contributed by atoms with Gasteiger partial charge in [-0.1, -0.05) is 49.5 Å². The number of ether oxygens (including phenoxy) is 2. The highest BCUT2D eigenvalue weighted by Gasteiger charge is 2.41. The summed E-state index contributed by atoms with van der Waals surface area (Å²) in [5, 5.41) is 55.6. The average molecular weight is 960 g/mol. The van der Waals surface area contributed by atoms with Crippen LogP contribution >= 0.6 is 0 Å². The van der Waals surface area contributed by atoms with Crippen LogP contribution in [0.25, 0.3) is 5.57 Å². The van der Waals surface area contributed by atoms with E-state index in [1.807, 2.05) is 43.0 Å². The molecule has 360 valence electrons. The molecule has 0 atom stereocenters. The zero-order valence-corrected chi connectivity index (χ0v) is 39.9. The van der Waals surface area contributed by atoms with Crippen LogP contribution in [-0.2, 0) is 24.0 Å². The summed E-state index contributed by atoms with van der Waals surface area (Å²) in [4.78, 5) is 77.0. The molecule has 4 aromatic rings. The first kappa shape index (κ1) is 50.2. The summed E-state index contributed by atoms with van der Waals surface area (Å²) in [5.74, 6) is -6.65. The van der Waals surface area contributed by atoms with E-state index in [-0.39, 0.29) is 53.9 Å². The second-order valence-corrected chi connectivity index (χ2v) is 21.6. The Morgan fingerprint density at radius 2 is 1.26 bits per heavy atom. The largest absolute Gasteiger partial charge is 0.545 e. The Balaban J connectivity index is 1.26. The van der Waals surface area contributed by atoms with Crippen molar-refractivity contribution in [3.8, 4) is 11.5 Å². The SMILES string of the molecule is Cc1ccc(N(CC(=O)O)CC(=O)O)c(OCCOc2cc(NC(=O)CN(C)c3ccc4c(c3)[Si](C)(C)C3=CC(=[N+](C)C)C=CC3=C4c3ccccc3C(=O)[O-])ccc2N(CC(=O)O)CC(=O)O)c1. The van der Waals surface area contributed by atoms with Crippen LogP contribution in [0, 0.1) is 6.92 Å². The Morgan fingerprint density at radius 1 is 0.696 bits per heavy atom. The normalized spacial score (nSPS) is 13.3. The van der Waals surface area contributed by atoms with E-state index in [0.29, 0.717) is 5.56 Å². The van der Waals surface area contributed by atoms with Crippen molar-refractivity contribution in [3.63, 3.8) is 0 Å². The molecule has 1 aliphatic carbocycles. The van der Waals surface area contributed by atoms with Crippen molar-refractivity contribution >= 4 is 83.0 Å². The van der Waals surface area contributed by atoms with Crippen LogP contribution in [0.3, 0.4) is 0 Å². The highest BCUT2D eigenvalue weighted by atomic mass is 28.3. The molecule has 0 bridgehead atoms. The third-order valence-corrected chi connectivity index (χ3v) is 15.1. The number of nitrogens with zero attached hydrogens (tertiary/aromatic N) is 4. The van der Waals surface area contributed by atoms with Gasteiger partial charge in [0.1, 0.15) is 73.1 Å². The number of hydrogen-bond acceptors (Lipinski definition) is 12. The second-order valence-electron chi connectivity index (χ2n) is 17.2. The number of carbonyl (C=O) groups is 6. The number of aliphatic carboxylic acids is 4. The summed E-state index contributed by atoms with van der Waals surface area (Å²) in [7, 11) is 3.20. The number of carboxylic acid groups (broad SMARTS) is 5. The molecule has 4 aromatic carbocycles. The molecule has 2 aliphatic rings. The van der Waals surface area contributed by atoms with Gasteiger partial charge in [-0.2, -0.15) is 0 Å². The van der Waals surface area contributed by atoms with Crippen LogP contribution < -0.4 is 39.8 Å². The topological polar surface area (TPSA) is 250 Å². The molecule has 0 saturated heterocycles. The minimum atomic E-state index is -2.49. The maximum absolute atomic E-state index is 13.8. The molecule has 0 spiro atoms. The smallest absolute Gasteiger partial charge is 0.323 e. The van der Waals surface area contributed by atoms with Crippen molar-refractivity contribution in [2.24, 2.45) is 0 Å². The van der Waals surface area contributed by atoms with Crippen LogP contribution in [0.2, 0.25) is 13.1 Å². The summed E-state index contributed by atoms with van der Waals surface area (Å²) < 4.78 is 14.0. The van der Waals surface area contributed by atoms with Gasteiger partial charge in [0, 0.05) is 42.2 Å². The fourth-order valence-electron chi connectivity index (χ4n) is 8.39. The first-order valence-electron chi connectivity index (χ1n) is 21.7. The van der Waals surface area contributed by atoms with Crippen LogP contribution in [0.1, 0.15) is 27.0 Å². The Hall–Kier alpha value is -8.19. The molecular formula is C50H53N5O13Si. The molecule has 1 heterocycles. The van der Waals surface area contributed by atoms with Gasteiger partial charge in [0.25, 0.3) is 0 Å². The van der Waals surface area contributed by atoms with E-state index in [0.717, 1.165) is 53.9 Å². The number of anilines is 4. The maximum Gasteiger partial charge on any atom is 0.323 e. The molecule has 1 amide bonds. The number of carboxylic acids is 5. The molecule has 0 unspecified atom stereocenters. The summed E-state index contributed by atoms with van der Waals surface area (Å²) in [6.07, 6.45) is 6.23. The first-order chi connectivity index (χ1) is 32.6. The van der Waals surface area contributed by atoms with E-state index in [9.17, 15) is 54.3 Å². The van der Waals surface area contributed by atoms with Gasteiger partial charge < -0.3 is 59.8 Å². The van der Waals surface area contributed by atoms with Crippen LogP contribution in [0.5, 0.6) is 11.5 Å². The minimum absolute atomic E-state index is 0.0157. The van der Waals surface area contributed by atoms with E-state index < -0.39 is 70.0 Å². The quantitative estimate of drug-likeness (QED) is 0.0457. The van der Waals surface area contributed by atoms with Gasteiger partial charge in [-0.15, -0.1) is 0 Å². The Kier molecular flexibility index (Phi) is 15.4. The molecule has 0 fully saturated rings. The molecule has 5 N–H and O–H groups in total. The number of benzene rings is 4. The van der Waals surface area contributed by atoms with Crippen molar-refractivity contribution in [1.82, 2.24) is 0 Å². The number of amides is 1. The average Bonchev–Trinajstić information content (AvgIpc) is 3.27. The summed E-state index contributed by atoms with van der Waals surface area (Å²) in [6, 6.07) is 21.9. The first-order valence-corrected chi connectivity index (χ1v) is 24.7. The third kappa shape index (κ3) is 11.9. The number of hydrogen-bond donors (Lipinski definition) is 5. The third-order valence-electron chi connectivity index (χ3n) is 11.6. The molecular weight excluding hydrogens is 907 g/mol. The fraction of sp³-hybridized carbons (Fsp3) is 0.260. The van der Waals surface area contributed by atoms with Gasteiger partial charge in [0.05, 0.1) is 23.9 Å². The van der Waals surface area contributed by atoms with Crippen molar-refractivity contribution in [1.29, 1.82) is 0 Å². The van der Waals surface area contributed by atoms with Gasteiger partial charge >= 0.3 is 23.9 Å². The molecule has 1 aliphatic heterocycles. The van der Waals surface area contributed by atoms with Gasteiger partial charge in [-0.3, -0.25) is 24.0 Å². The van der Waals surface area contributed by atoms with Gasteiger partial charge in [0.2, 0.25) is 5.91 Å². The monoisotopic (exact) mass is 959 g/mol. The Bertz CT molecular complexity index is 2830. The second kappa shape index (κ2) is 21.2. The summed E-state index contributed by atoms with van der Waals surface area (Å²) in [6.45, 7) is 3.11. The van der Waals surface area contributed by atoms with E-state index in [4.69, 9.17) is 9.47 Å². The number of likely N-dealkylation sites (N-methyl/N-ethyl adjacent to an activating group) is 1. The minimum Gasteiger partial charge on any atom is -0.545 e. The van der Waals surface area contributed by atoms with E-state index >= 15 is 0 Å². The van der Waals surface area contributed by atoms with Crippen molar-refractivity contribution in [2.45, 2.75) is 20.0 Å². The van der Waals surface area contributed by atoms with E-state index in [1.165, 1.54) is 24.3 Å². The van der Waals surface area contributed by atoms with Crippen LogP contribution in [-0.4, -0.2) is 142 Å². The van der Waals surface area contributed by atoms with Crippen LogP contribution in [0.4, 0.5) is 22.7 Å². The lowest BCUT2D eigenvalue weighted by Gasteiger charge is -2.38. The van der Waals surface area contributed by atoms with E-state index in [1.54, 1.807) is 55.3 Å². The fourth-order valence-corrected chi connectivity index (χ4v) is 11.5.